The molecule has 0 aromatic carbocycles. The highest BCUT2D eigenvalue weighted by Gasteiger charge is 2.23. The van der Waals surface area contributed by atoms with Gasteiger partial charge in [-0.1, -0.05) is 0 Å². The van der Waals surface area contributed by atoms with Crippen molar-refractivity contribution < 1.29 is 9.59 Å². The zero-order chi connectivity index (χ0) is 14.5. The molecule has 0 atom stereocenters. The normalized spacial score (nSPS) is 16.0. The number of carbonyl (C=O) groups is 2. The van der Waals surface area contributed by atoms with Crippen LogP contribution in [0.3, 0.4) is 0 Å². The highest BCUT2D eigenvalue weighted by Crippen LogP contribution is 2.22. The molecule has 0 spiro atoms. The minimum atomic E-state index is -0.211. The van der Waals surface area contributed by atoms with Crippen molar-refractivity contribution >= 4 is 17.5 Å². The van der Waals surface area contributed by atoms with E-state index in [1.165, 1.54) is 0 Å². The largest absolute Gasteiger partial charge is 0.355 e. The fraction of sp³-hybridized carbons (Fsp3) is 0.571. The van der Waals surface area contributed by atoms with Crippen molar-refractivity contribution in [1.82, 2.24) is 15.5 Å². The van der Waals surface area contributed by atoms with Gasteiger partial charge in [-0.2, -0.15) is 0 Å². The Morgan fingerprint density at radius 1 is 1.35 bits per heavy atom. The molecule has 0 aliphatic heterocycles. The molecule has 1 aromatic rings. The van der Waals surface area contributed by atoms with E-state index >= 15 is 0 Å². The molecule has 0 bridgehead atoms. The zero-order valence-electron chi connectivity index (χ0n) is 11.9. The van der Waals surface area contributed by atoms with Gasteiger partial charge in [0.25, 0.3) is 5.91 Å². The number of nitrogens with one attached hydrogen (secondary N) is 1. The number of rotatable bonds is 4. The first-order valence-electron chi connectivity index (χ1n) is 6.98. The van der Waals surface area contributed by atoms with Crippen LogP contribution >= 0.6 is 0 Å². The predicted octanol–water partition coefficient (Wildman–Crippen LogP) is 1.17. The maximum atomic E-state index is 11.6. The Kier molecular flexibility index (Phi) is 4.65. The van der Waals surface area contributed by atoms with Gasteiger partial charge in [0.1, 0.15) is 5.78 Å². The summed E-state index contributed by atoms with van der Waals surface area (Å²) in [6.07, 6.45) is 2.99. The monoisotopic (exact) mass is 276 g/mol. The number of nitrogens with zero attached hydrogens (tertiary/aromatic N) is 3. The Hall–Kier alpha value is -1.98. The van der Waals surface area contributed by atoms with Crippen molar-refractivity contribution in [3.63, 3.8) is 0 Å². The highest BCUT2D eigenvalue weighted by molar-refractivity contribution is 5.92. The van der Waals surface area contributed by atoms with Crippen molar-refractivity contribution in [2.75, 3.05) is 18.5 Å². The van der Waals surface area contributed by atoms with Gasteiger partial charge >= 0.3 is 0 Å². The first-order chi connectivity index (χ1) is 9.61. The number of Topliss-reactive ketones (excluding diaryl/α,β-unsaturated/α-hetero) is 1. The quantitative estimate of drug-likeness (QED) is 0.893. The molecule has 1 fully saturated rings. The van der Waals surface area contributed by atoms with Crippen LogP contribution < -0.4 is 10.2 Å². The summed E-state index contributed by atoms with van der Waals surface area (Å²) in [5, 5.41) is 10.7. The number of ketones is 1. The second-order valence-electron chi connectivity index (χ2n) is 5.02. The van der Waals surface area contributed by atoms with E-state index in [4.69, 9.17) is 0 Å². The third kappa shape index (κ3) is 3.31. The molecule has 1 amide bonds. The van der Waals surface area contributed by atoms with Crippen LogP contribution in [0.2, 0.25) is 0 Å². The van der Waals surface area contributed by atoms with Crippen molar-refractivity contribution in [1.29, 1.82) is 0 Å². The standard InChI is InChI=1S/C14H20N4O2/c1-3-15-14(20)12-8-9-13(17-16-12)18(2)10-4-6-11(19)7-5-10/h8-10H,3-7H2,1-2H3,(H,15,20). The maximum Gasteiger partial charge on any atom is 0.271 e. The zero-order valence-corrected chi connectivity index (χ0v) is 11.9. The van der Waals surface area contributed by atoms with Crippen LogP contribution in [-0.4, -0.2) is 41.5 Å². The minimum Gasteiger partial charge on any atom is -0.355 e. The van der Waals surface area contributed by atoms with Gasteiger partial charge in [-0.05, 0) is 31.9 Å². The summed E-state index contributed by atoms with van der Waals surface area (Å²) in [4.78, 5) is 24.9. The SMILES string of the molecule is CCNC(=O)c1ccc(N(C)C2CCC(=O)CC2)nn1. The average Bonchev–Trinajstić information content (AvgIpc) is 2.48. The number of hydrogen-bond donors (Lipinski definition) is 1. The van der Waals surface area contributed by atoms with Crippen LogP contribution in [0.1, 0.15) is 43.1 Å². The maximum absolute atomic E-state index is 11.6. The van der Waals surface area contributed by atoms with Crippen LogP contribution in [0.15, 0.2) is 12.1 Å². The molecule has 1 N–H and O–H groups in total. The van der Waals surface area contributed by atoms with E-state index in [2.05, 4.69) is 15.5 Å². The molecule has 6 nitrogen and oxygen atoms in total. The van der Waals surface area contributed by atoms with Crippen LogP contribution in [0.4, 0.5) is 5.82 Å². The molecular weight excluding hydrogens is 256 g/mol. The topological polar surface area (TPSA) is 75.2 Å². The van der Waals surface area contributed by atoms with Crippen molar-refractivity contribution in [3.8, 4) is 0 Å². The molecule has 20 heavy (non-hydrogen) atoms. The van der Waals surface area contributed by atoms with Gasteiger partial charge in [-0.25, -0.2) is 0 Å². The van der Waals surface area contributed by atoms with Gasteiger partial charge in [-0.3, -0.25) is 9.59 Å². The number of aromatic nitrogens is 2. The van der Waals surface area contributed by atoms with Gasteiger partial charge in [0, 0.05) is 32.5 Å². The number of anilines is 1. The Morgan fingerprint density at radius 3 is 2.60 bits per heavy atom. The van der Waals surface area contributed by atoms with E-state index in [0.29, 0.717) is 36.9 Å². The first-order valence-corrected chi connectivity index (χ1v) is 6.98. The molecule has 0 unspecified atom stereocenters. The Labute approximate surface area is 118 Å². The number of hydrogen-bond acceptors (Lipinski definition) is 5. The van der Waals surface area contributed by atoms with Gasteiger partial charge < -0.3 is 10.2 Å². The van der Waals surface area contributed by atoms with E-state index in [1.54, 1.807) is 12.1 Å². The molecule has 1 aliphatic carbocycles. The lowest BCUT2D eigenvalue weighted by Gasteiger charge is -2.31. The number of amides is 1. The van der Waals surface area contributed by atoms with Crippen LogP contribution in [0, 0.1) is 0 Å². The summed E-state index contributed by atoms with van der Waals surface area (Å²) in [5.74, 6) is 0.863. The second-order valence-corrected chi connectivity index (χ2v) is 5.02. The van der Waals surface area contributed by atoms with E-state index < -0.39 is 0 Å². The second kappa shape index (κ2) is 6.45. The van der Waals surface area contributed by atoms with Gasteiger partial charge in [0.05, 0.1) is 0 Å². The molecule has 1 aromatic heterocycles. The van der Waals surface area contributed by atoms with Crippen molar-refractivity contribution in [3.05, 3.63) is 17.8 Å². The van der Waals surface area contributed by atoms with Crippen molar-refractivity contribution in [2.24, 2.45) is 0 Å². The lowest BCUT2D eigenvalue weighted by Crippen LogP contribution is -2.36. The Morgan fingerprint density at radius 2 is 2.05 bits per heavy atom. The van der Waals surface area contributed by atoms with E-state index in [9.17, 15) is 9.59 Å². The average molecular weight is 276 g/mol. The minimum absolute atomic E-state index is 0.211. The van der Waals surface area contributed by atoms with Crippen LogP contribution in [-0.2, 0) is 4.79 Å². The Balaban J connectivity index is 2.02. The highest BCUT2D eigenvalue weighted by atomic mass is 16.2. The Bertz CT molecular complexity index is 476. The molecule has 2 rings (SSSR count). The third-order valence-corrected chi connectivity index (χ3v) is 3.64. The van der Waals surface area contributed by atoms with Gasteiger partial charge in [0.2, 0.25) is 0 Å². The van der Waals surface area contributed by atoms with Crippen LogP contribution in [0.5, 0.6) is 0 Å². The van der Waals surface area contributed by atoms with Gasteiger partial charge in [-0.15, -0.1) is 10.2 Å². The lowest BCUT2D eigenvalue weighted by molar-refractivity contribution is -0.120. The van der Waals surface area contributed by atoms with Crippen molar-refractivity contribution in [2.45, 2.75) is 38.6 Å². The summed E-state index contributed by atoms with van der Waals surface area (Å²) in [7, 11) is 1.95. The summed E-state index contributed by atoms with van der Waals surface area (Å²) in [6.45, 7) is 2.43. The molecule has 108 valence electrons. The number of carbonyl (C=O) groups excluding carboxylic acids is 2. The van der Waals surface area contributed by atoms with Gasteiger partial charge in [0.15, 0.2) is 11.5 Å². The summed E-state index contributed by atoms with van der Waals surface area (Å²) < 4.78 is 0. The molecule has 1 saturated carbocycles. The molecular formula is C14H20N4O2. The predicted molar refractivity (Wildman–Crippen MR) is 75.7 cm³/mol. The van der Waals surface area contributed by atoms with E-state index in [-0.39, 0.29) is 5.91 Å². The lowest BCUT2D eigenvalue weighted by atomic mass is 9.93. The fourth-order valence-corrected chi connectivity index (χ4v) is 2.38. The molecule has 1 aliphatic rings. The summed E-state index contributed by atoms with van der Waals surface area (Å²) in [6, 6.07) is 3.79. The van der Waals surface area contributed by atoms with E-state index in [0.717, 1.165) is 18.7 Å². The third-order valence-electron chi connectivity index (χ3n) is 3.64. The molecule has 1 heterocycles. The van der Waals surface area contributed by atoms with Crippen LogP contribution in [0.25, 0.3) is 0 Å². The fourth-order valence-electron chi connectivity index (χ4n) is 2.38. The summed E-state index contributed by atoms with van der Waals surface area (Å²) >= 11 is 0. The molecule has 0 saturated heterocycles. The summed E-state index contributed by atoms with van der Waals surface area (Å²) in [5.41, 5.74) is 0.322. The smallest absolute Gasteiger partial charge is 0.271 e. The molecule has 0 radical (unpaired) electrons. The van der Waals surface area contributed by atoms with E-state index in [1.807, 2.05) is 18.9 Å². The first kappa shape index (κ1) is 14.4. The molecule has 6 heteroatoms.